The zero-order chi connectivity index (χ0) is 48.4. The van der Waals surface area contributed by atoms with Crippen LogP contribution in [-0.2, 0) is 65.4 Å². The lowest BCUT2D eigenvalue weighted by molar-refractivity contribution is -0.117. The van der Waals surface area contributed by atoms with Crippen molar-refractivity contribution >= 4 is 35.7 Å². The van der Waals surface area contributed by atoms with E-state index >= 15 is 0 Å². The SMILES string of the molecule is CC(=O)N1c2ccc(-c3cnc(N(C=O)CCOCCOCCOCCOCCOCCOCCOCCOCCNC(=O)OC(C)(C)C)nc3)cc2N(Cc2ccccc2CO)C[C@@H]1C1CC1. The predicted molar refractivity (Wildman–Crippen MR) is 255 cm³/mol. The molecule has 1 fully saturated rings. The fourth-order valence-corrected chi connectivity index (χ4v) is 7.37. The van der Waals surface area contributed by atoms with Crippen molar-refractivity contribution in [3.05, 3.63) is 66.0 Å². The van der Waals surface area contributed by atoms with Crippen molar-refractivity contribution in [3.63, 3.8) is 0 Å². The monoisotopic (exact) mass is 953 g/mol. The van der Waals surface area contributed by atoms with E-state index in [1.807, 2.05) is 62.1 Å². The van der Waals surface area contributed by atoms with Gasteiger partial charge in [-0.1, -0.05) is 30.3 Å². The summed E-state index contributed by atoms with van der Waals surface area (Å²) in [7, 11) is 0. The van der Waals surface area contributed by atoms with E-state index in [4.69, 9.17) is 42.6 Å². The highest BCUT2D eigenvalue weighted by Crippen LogP contribution is 2.45. The molecule has 3 aromatic rings. The third kappa shape index (κ3) is 19.3. The molecule has 0 saturated heterocycles. The zero-order valence-corrected chi connectivity index (χ0v) is 40.3. The van der Waals surface area contributed by atoms with Gasteiger partial charge in [0.1, 0.15) is 5.60 Å². The van der Waals surface area contributed by atoms with Crippen LogP contribution in [0.5, 0.6) is 0 Å². The Balaban J connectivity index is 0.862. The zero-order valence-electron chi connectivity index (χ0n) is 40.3. The van der Waals surface area contributed by atoms with Crippen molar-refractivity contribution < 1.29 is 62.1 Å². The van der Waals surface area contributed by atoms with E-state index in [1.165, 1.54) is 4.90 Å². The normalized spacial score (nSPS) is 14.8. The number of ether oxygens (including phenoxy) is 9. The molecule has 1 aliphatic carbocycles. The lowest BCUT2D eigenvalue weighted by atomic mass is 9.98. The third-order valence-electron chi connectivity index (χ3n) is 10.8. The van der Waals surface area contributed by atoms with Gasteiger partial charge in [0.15, 0.2) is 0 Å². The molecule has 19 nitrogen and oxygen atoms in total. The van der Waals surface area contributed by atoms with E-state index in [0.29, 0.717) is 131 Å². The molecule has 3 amide bonds. The molecule has 2 heterocycles. The van der Waals surface area contributed by atoms with Gasteiger partial charge in [0.2, 0.25) is 18.3 Å². The number of aromatic nitrogens is 2. The number of amides is 3. The summed E-state index contributed by atoms with van der Waals surface area (Å²) in [5, 5.41) is 12.7. The summed E-state index contributed by atoms with van der Waals surface area (Å²) >= 11 is 0. The summed E-state index contributed by atoms with van der Waals surface area (Å²) in [6.45, 7) is 15.6. The van der Waals surface area contributed by atoms with Crippen molar-refractivity contribution in [2.75, 3.05) is 140 Å². The number of nitrogens with one attached hydrogen (secondary N) is 1. The van der Waals surface area contributed by atoms with Crippen molar-refractivity contribution in [2.45, 2.75) is 65.3 Å². The highest BCUT2D eigenvalue weighted by atomic mass is 16.6. The molecule has 2 N–H and O–H groups in total. The van der Waals surface area contributed by atoms with Gasteiger partial charge in [0.25, 0.3) is 0 Å². The van der Waals surface area contributed by atoms with Gasteiger partial charge in [-0.25, -0.2) is 14.8 Å². The highest BCUT2D eigenvalue weighted by molar-refractivity contribution is 5.98. The maximum atomic E-state index is 13.0. The number of benzene rings is 2. The number of aliphatic hydroxyl groups excluding tert-OH is 1. The Morgan fingerprint density at radius 1 is 0.721 bits per heavy atom. The number of hydrogen-bond donors (Lipinski definition) is 2. The molecule has 1 aliphatic heterocycles. The Labute approximate surface area is 400 Å². The molecule has 376 valence electrons. The number of aliphatic hydroxyl groups is 1. The first-order valence-electron chi connectivity index (χ1n) is 23.6. The van der Waals surface area contributed by atoms with Crippen LogP contribution in [0.1, 0.15) is 51.7 Å². The van der Waals surface area contributed by atoms with Crippen molar-refractivity contribution in [3.8, 4) is 11.1 Å². The minimum Gasteiger partial charge on any atom is -0.444 e. The molecule has 0 bridgehead atoms. The fourth-order valence-electron chi connectivity index (χ4n) is 7.37. The number of anilines is 3. The summed E-state index contributed by atoms with van der Waals surface area (Å²) in [5.41, 5.74) is 4.86. The maximum Gasteiger partial charge on any atom is 0.407 e. The van der Waals surface area contributed by atoms with Crippen LogP contribution in [-0.4, -0.2) is 170 Å². The van der Waals surface area contributed by atoms with Crippen LogP contribution in [0.4, 0.5) is 22.1 Å². The smallest absolute Gasteiger partial charge is 0.407 e. The van der Waals surface area contributed by atoms with Crippen LogP contribution in [0.2, 0.25) is 0 Å². The second-order valence-corrected chi connectivity index (χ2v) is 17.2. The van der Waals surface area contributed by atoms with Crippen molar-refractivity contribution in [1.82, 2.24) is 15.3 Å². The van der Waals surface area contributed by atoms with Crippen LogP contribution < -0.4 is 20.0 Å². The Hall–Kier alpha value is -4.83. The second-order valence-electron chi connectivity index (χ2n) is 17.2. The Morgan fingerprint density at radius 3 is 1.72 bits per heavy atom. The molecule has 2 aromatic carbocycles. The maximum absolute atomic E-state index is 13.0. The van der Waals surface area contributed by atoms with Gasteiger partial charge in [0.05, 0.1) is 136 Å². The molecule has 0 spiro atoms. The molecule has 2 aliphatic rings. The Bertz CT molecular complexity index is 1930. The topological polar surface area (TPSA) is 202 Å². The van der Waals surface area contributed by atoms with Gasteiger partial charge in [0, 0.05) is 44.5 Å². The predicted octanol–water partition coefficient (Wildman–Crippen LogP) is 4.41. The summed E-state index contributed by atoms with van der Waals surface area (Å²) < 4.78 is 49.4. The molecular formula is C49H72N6O13. The molecule has 5 rings (SSSR count). The van der Waals surface area contributed by atoms with Gasteiger partial charge in [-0.3, -0.25) is 14.5 Å². The standard InChI is InChI=1S/C49H72N6O13/c1-38(58)55-44-12-11-40(31-45(44)54(35-46(55)39-9-10-39)34-41-7-5-6-8-42(41)36-56)43-32-51-47(52-33-43)53(37-57)14-16-61-18-20-63-22-24-65-26-28-67-30-29-66-27-25-64-23-21-62-19-17-60-15-13-50-48(59)68-49(2,3)4/h5-8,11-12,31-33,37,39,46,56H,9-10,13-30,34-36H2,1-4H3,(H,50,59)/t46-/m1/s1. The van der Waals surface area contributed by atoms with E-state index in [1.54, 1.807) is 19.3 Å². The van der Waals surface area contributed by atoms with Gasteiger partial charge in [-0.2, -0.15) is 0 Å². The summed E-state index contributed by atoms with van der Waals surface area (Å²) in [5.74, 6) is 0.757. The van der Waals surface area contributed by atoms with E-state index < -0.39 is 11.7 Å². The summed E-state index contributed by atoms with van der Waals surface area (Å²) in [4.78, 5) is 51.2. The number of rotatable bonds is 34. The molecule has 1 atom stereocenters. The van der Waals surface area contributed by atoms with Crippen LogP contribution >= 0.6 is 0 Å². The van der Waals surface area contributed by atoms with Crippen molar-refractivity contribution in [2.24, 2.45) is 5.92 Å². The summed E-state index contributed by atoms with van der Waals surface area (Å²) in [6.07, 6.45) is 5.83. The number of hydrogen-bond acceptors (Lipinski definition) is 16. The van der Waals surface area contributed by atoms with Crippen LogP contribution in [0.3, 0.4) is 0 Å². The Kier molecular flexibility index (Phi) is 23.8. The van der Waals surface area contributed by atoms with Gasteiger partial charge in [-0.15, -0.1) is 0 Å². The van der Waals surface area contributed by atoms with Crippen molar-refractivity contribution in [1.29, 1.82) is 0 Å². The molecule has 19 heteroatoms. The first-order valence-corrected chi connectivity index (χ1v) is 23.6. The largest absolute Gasteiger partial charge is 0.444 e. The first kappa shape index (κ1) is 54.1. The molecule has 1 saturated carbocycles. The van der Waals surface area contributed by atoms with E-state index in [0.717, 1.165) is 46.5 Å². The molecule has 0 radical (unpaired) electrons. The number of carbonyl (C=O) groups excluding carboxylic acids is 3. The lowest BCUT2D eigenvalue weighted by Gasteiger charge is -2.44. The average Bonchev–Trinajstić information content (AvgIpc) is 4.18. The summed E-state index contributed by atoms with van der Waals surface area (Å²) in [6, 6.07) is 14.0. The molecule has 68 heavy (non-hydrogen) atoms. The third-order valence-corrected chi connectivity index (χ3v) is 10.8. The average molecular weight is 953 g/mol. The highest BCUT2D eigenvalue weighted by Gasteiger charge is 2.42. The van der Waals surface area contributed by atoms with E-state index in [-0.39, 0.29) is 37.7 Å². The quantitative estimate of drug-likeness (QED) is 0.0629. The fraction of sp³-hybridized carbons (Fsp3) is 0.612. The second kappa shape index (κ2) is 29.9. The van der Waals surface area contributed by atoms with Crippen LogP contribution in [0, 0.1) is 5.92 Å². The van der Waals surface area contributed by atoms with Gasteiger partial charge < -0.3 is 62.9 Å². The number of nitrogens with zero attached hydrogens (tertiary/aromatic N) is 5. The number of fused-ring (bicyclic) bond motifs is 1. The minimum absolute atomic E-state index is 0.0239. The van der Waals surface area contributed by atoms with E-state index in [9.17, 15) is 19.5 Å². The molecule has 0 unspecified atom stereocenters. The number of carbonyl (C=O) groups is 3. The van der Waals surface area contributed by atoms with Crippen LogP contribution in [0.15, 0.2) is 54.9 Å². The first-order chi connectivity index (χ1) is 33.1. The minimum atomic E-state index is -0.527. The van der Waals surface area contributed by atoms with Gasteiger partial charge >= 0.3 is 6.09 Å². The molecule has 1 aromatic heterocycles. The number of alkyl carbamates (subject to hydrolysis) is 1. The van der Waals surface area contributed by atoms with Crippen LogP contribution in [0.25, 0.3) is 11.1 Å². The van der Waals surface area contributed by atoms with E-state index in [2.05, 4.69) is 26.3 Å². The lowest BCUT2D eigenvalue weighted by Crippen LogP contribution is -2.52. The Morgan fingerprint density at radius 2 is 1.24 bits per heavy atom. The molecular weight excluding hydrogens is 881 g/mol. The van der Waals surface area contributed by atoms with Gasteiger partial charge in [-0.05, 0) is 68.4 Å².